The molecule has 4 aromatic rings. The number of aromatic nitrogens is 1. The second kappa shape index (κ2) is 8.82. The monoisotopic (exact) mass is 401 g/mol. The van der Waals surface area contributed by atoms with Crippen molar-refractivity contribution < 1.29 is 13.9 Å². The van der Waals surface area contributed by atoms with Crippen LogP contribution in [0.15, 0.2) is 82.0 Å². The molecule has 0 aliphatic heterocycles. The number of benzene rings is 3. The molecule has 0 spiro atoms. The predicted molar refractivity (Wildman–Crippen MR) is 117 cm³/mol. The zero-order chi connectivity index (χ0) is 20.9. The van der Waals surface area contributed by atoms with Gasteiger partial charge < -0.3 is 9.15 Å². The van der Waals surface area contributed by atoms with E-state index in [0.29, 0.717) is 35.4 Å². The van der Waals surface area contributed by atoms with Crippen molar-refractivity contribution in [2.24, 2.45) is 0 Å². The molecule has 0 fully saturated rings. The highest BCUT2D eigenvalue weighted by Crippen LogP contribution is 2.29. The van der Waals surface area contributed by atoms with Gasteiger partial charge in [-0.05, 0) is 29.7 Å². The molecule has 152 valence electrons. The number of esters is 1. The first-order valence-electron chi connectivity index (χ1n) is 10.1. The first-order valence-corrected chi connectivity index (χ1v) is 10.1. The maximum atomic E-state index is 12.9. The van der Waals surface area contributed by atoms with Crippen molar-refractivity contribution in [1.29, 1.82) is 0 Å². The number of nitrogens with zero attached hydrogens (tertiary/aromatic N) is 1. The smallest absolute Gasteiger partial charge is 0.420 e. The summed E-state index contributed by atoms with van der Waals surface area (Å²) in [4.78, 5) is 25.5. The number of hydrogen-bond acceptors (Lipinski definition) is 4. The lowest BCUT2D eigenvalue weighted by Crippen LogP contribution is -2.15. The Kier molecular flexibility index (Phi) is 5.80. The quantitative estimate of drug-likeness (QED) is 0.313. The molecule has 0 aliphatic carbocycles. The number of carbonyl (C=O) groups excluding carboxylic acids is 1. The number of rotatable bonds is 7. The molecule has 0 bridgehead atoms. The van der Waals surface area contributed by atoms with Gasteiger partial charge in [0.2, 0.25) is 0 Å². The van der Waals surface area contributed by atoms with E-state index in [1.807, 2.05) is 67.6 Å². The first-order chi connectivity index (χ1) is 14.7. The van der Waals surface area contributed by atoms with Gasteiger partial charge in [0.25, 0.3) is 0 Å². The van der Waals surface area contributed by atoms with E-state index < -0.39 is 11.7 Å². The van der Waals surface area contributed by atoms with Crippen LogP contribution in [0.2, 0.25) is 0 Å². The SMILES string of the molecule is CCCCOC(=O)c1cc2c(cc1-c1ccccc1)oc(=O)n2Cc1ccccc1. The summed E-state index contributed by atoms with van der Waals surface area (Å²) in [5.41, 5.74) is 3.96. The third-order valence-electron chi connectivity index (χ3n) is 5.03. The molecule has 0 N–H and O–H groups in total. The van der Waals surface area contributed by atoms with Crippen molar-refractivity contribution in [3.05, 3.63) is 94.5 Å². The Labute approximate surface area is 174 Å². The summed E-state index contributed by atoms with van der Waals surface area (Å²) in [7, 11) is 0. The van der Waals surface area contributed by atoms with Gasteiger partial charge in [-0.2, -0.15) is 0 Å². The van der Waals surface area contributed by atoms with Crippen molar-refractivity contribution in [3.8, 4) is 11.1 Å². The summed E-state index contributed by atoms with van der Waals surface area (Å²) >= 11 is 0. The van der Waals surface area contributed by atoms with Gasteiger partial charge in [0.15, 0.2) is 5.58 Å². The number of oxazole rings is 1. The van der Waals surface area contributed by atoms with Crippen molar-refractivity contribution in [2.75, 3.05) is 6.61 Å². The van der Waals surface area contributed by atoms with Crippen LogP contribution in [-0.4, -0.2) is 17.1 Å². The van der Waals surface area contributed by atoms with E-state index in [1.165, 1.54) is 0 Å². The Morgan fingerprint density at radius 1 is 1.00 bits per heavy atom. The van der Waals surface area contributed by atoms with Crippen LogP contribution in [0.25, 0.3) is 22.2 Å². The average molecular weight is 401 g/mol. The fourth-order valence-corrected chi connectivity index (χ4v) is 3.44. The van der Waals surface area contributed by atoms with Gasteiger partial charge in [0.05, 0.1) is 24.2 Å². The van der Waals surface area contributed by atoms with E-state index in [2.05, 4.69) is 0 Å². The van der Waals surface area contributed by atoms with Crippen molar-refractivity contribution >= 4 is 17.1 Å². The largest absolute Gasteiger partial charge is 0.462 e. The van der Waals surface area contributed by atoms with Gasteiger partial charge >= 0.3 is 11.7 Å². The summed E-state index contributed by atoms with van der Waals surface area (Å²) < 4.78 is 12.6. The Bertz CT molecular complexity index is 1210. The highest BCUT2D eigenvalue weighted by molar-refractivity contribution is 6.01. The van der Waals surface area contributed by atoms with Crippen LogP contribution in [0.3, 0.4) is 0 Å². The Balaban J connectivity index is 1.83. The highest BCUT2D eigenvalue weighted by Gasteiger charge is 2.20. The van der Waals surface area contributed by atoms with Crippen molar-refractivity contribution in [2.45, 2.75) is 26.3 Å². The van der Waals surface area contributed by atoms with Crippen LogP contribution >= 0.6 is 0 Å². The standard InChI is InChI=1S/C25H23NO4/c1-2-3-14-29-24(27)21-15-22-23(16-20(21)19-12-8-5-9-13-19)30-25(28)26(22)17-18-10-6-4-7-11-18/h4-13,15-16H,2-3,14,17H2,1H3. The van der Waals surface area contributed by atoms with Gasteiger partial charge in [-0.3, -0.25) is 4.57 Å². The maximum Gasteiger partial charge on any atom is 0.420 e. The van der Waals surface area contributed by atoms with E-state index >= 15 is 0 Å². The molecule has 1 heterocycles. The molecule has 0 saturated carbocycles. The summed E-state index contributed by atoms with van der Waals surface area (Å²) in [6.45, 7) is 2.77. The van der Waals surface area contributed by atoms with E-state index in [-0.39, 0.29) is 0 Å². The predicted octanol–water partition coefficient (Wildman–Crippen LogP) is 5.27. The topological polar surface area (TPSA) is 61.4 Å². The van der Waals surface area contributed by atoms with Crippen molar-refractivity contribution in [1.82, 2.24) is 4.57 Å². The van der Waals surface area contributed by atoms with E-state index in [4.69, 9.17) is 9.15 Å². The van der Waals surface area contributed by atoms with Gasteiger partial charge in [0.1, 0.15) is 0 Å². The Morgan fingerprint density at radius 3 is 2.40 bits per heavy atom. The first kappa shape index (κ1) is 19.7. The Hall–Kier alpha value is -3.60. The molecule has 4 rings (SSSR count). The number of fused-ring (bicyclic) bond motifs is 1. The normalized spacial score (nSPS) is 11.0. The minimum atomic E-state index is -0.454. The molecule has 0 atom stereocenters. The van der Waals surface area contributed by atoms with E-state index in [0.717, 1.165) is 24.0 Å². The lowest BCUT2D eigenvalue weighted by atomic mass is 9.99. The maximum absolute atomic E-state index is 12.9. The lowest BCUT2D eigenvalue weighted by Gasteiger charge is -2.11. The Morgan fingerprint density at radius 2 is 1.70 bits per heavy atom. The molecule has 0 aliphatic rings. The molecule has 0 saturated heterocycles. The third-order valence-corrected chi connectivity index (χ3v) is 5.03. The van der Waals surface area contributed by atoms with Crippen LogP contribution < -0.4 is 5.76 Å². The molecule has 5 nitrogen and oxygen atoms in total. The number of hydrogen-bond donors (Lipinski definition) is 0. The lowest BCUT2D eigenvalue weighted by molar-refractivity contribution is 0.0501. The molecule has 0 radical (unpaired) electrons. The van der Waals surface area contributed by atoms with E-state index in [1.54, 1.807) is 16.7 Å². The van der Waals surface area contributed by atoms with E-state index in [9.17, 15) is 9.59 Å². The van der Waals surface area contributed by atoms with Gasteiger partial charge in [0, 0.05) is 5.56 Å². The molecule has 3 aromatic carbocycles. The van der Waals surface area contributed by atoms with Crippen molar-refractivity contribution in [3.63, 3.8) is 0 Å². The minimum Gasteiger partial charge on any atom is -0.462 e. The third kappa shape index (κ3) is 4.06. The van der Waals surface area contributed by atoms with Crippen LogP contribution in [-0.2, 0) is 11.3 Å². The fraction of sp³-hybridized carbons (Fsp3) is 0.200. The summed E-state index contributed by atoms with van der Waals surface area (Å²) in [6.07, 6.45) is 1.75. The van der Waals surface area contributed by atoms with Crippen LogP contribution in [0.4, 0.5) is 0 Å². The van der Waals surface area contributed by atoms with Crippen LogP contribution in [0, 0.1) is 0 Å². The summed E-state index contributed by atoms with van der Waals surface area (Å²) in [5, 5.41) is 0. The average Bonchev–Trinajstić information content (AvgIpc) is 3.08. The molecule has 5 heteroatoms. The molecule has 30 heavy (non-hydrogen) atoms. The number of carbonyl (C=O) groups is 1. The molecule has 0 amide bonds. The summed E-state index contributed by atoms with van der Waals surface area (Å²) in [6, 6.07) is 22.7. The van der Waals surface area contributed by atoms with Gasteiger partial charge in [-0.25, -0.2) is 9.59 Å². The zero-order valence-corrected chi connectivity index (χ0v) is 16.8. The summed E-state index contributed by atoms with van der Waals surface area (Å²) in [5.74, 6) is -0.853. The zero-order valence-electron chi connectivity index (χ0n) is 16.8. The van der Waals surface area contributed by atoms with Gasteiger partial charge in [-0.15, -0.1) is 0 Å². The van der Waals surface area contributed by atoms with Gasteiger partial charge in [-0.1, -0.05) is 74.0 Å². The second-order valence-corrected chi connectivity index (χ2v) is 7.16. The highest BCUT2D eigenvalue weighted by atomic mass is 16.5. The molecule has 0 unspecified atom stereocenters. The molecular formula is C25H23NO4. The number of ether oxygens (including phenoxy) is 1. The van der Waals surface area contributed by atoms with Crippen LogP contribution in [0.5, 0.6) is 0 Å². The second-order valence-electron chi connectivity index (χ2n) is 7.16. The molecule has 1 aromatic heterocycles. The fourth-order valence-electron chi connectivity index (χ4n) is 3.44. The van der Waals surface area contributed by atoms with Crippen LogP contribution in [0.1, 0.15) is 35.7 Å². The number of unbranched alkanes of at least 4 members (excludes halogenated alkanes) is 1. The minimum absolute atomic E-state index is 0.363. The molecular weight excluding hydrogens is 378 g/mol.